The molecule has 2 aromatic rings. The van der Waals surface area contributed by atoms with E-state index < -0.39 is 11.9 Å². The van der Waals surface area contributed by atoms with Crippen molar-refractivity contribution < 1.29 is 9.90 Å². The molecular weight excluding hydrogens is 439 g/mol. The van der Waals surface area contributed by atoms with Crippen LogP contribution >= 0.6 is 38.5 Å². The maximum absolute atomic E-state index is 11.6. The molecule has 0 spiro atoms. The lowest BCUT2D eigenvalue weighted by Crippen LogP contribution is -2.22. The van der Waals surface area contributed by atoms with E-state index in [2.05, 4.69) is 25.9 Å². The molecule has 2 rings (SSSR count). The van der Waals surface area contributed by atoms with Gasteiger partial charge in [0.1, 0.15) is 9.49 Å². The number of carboxylic acids is 1. The van der Waals surface area contributed by atoms with Gasteiger partial charge < -0.3 is 10.1 Å². The van der Waals surface area contributed by atoms with E-state index in [9.17, 15) is 14.7 Å². The van der Waals surface area contributed by atoms with E-state index >= 15 is 0 Å². The number of halogens is 2. The molecule has 104 valence electrons. The molecule has 1 atom stereocenters. The molecule has 7 heteroatoms. The van der Waals surface area contributed by atoms with Crippen molar-refractivity contribution in [2.75, 3.05) is 0 Å². The first kappa shape index (κ1) is 15.2. The van der Waals surface area contributed by atoms with Crippen LogP contribution in [0.15, 0.2) is 39.9 Å². The fourth-order valence-corrected chi connectivity index (χ4v) is 2.94. The molecular formula is C13H10BrIN2O3. The van der Waals surface area contributed by atoms with Crippen LogP contribution < -0.4 is 5.56 Å². The molecule has 1 aromatic heterocycles. The van der Waals surface area contributed by atoms with Crippen LogP contribution in [0.4, 0.5) is 0 Å². The lowest BCUT2D eigenvalue weighted by atomic mass is 9.96. The molecule has 0 aliphatic heterocycles. The van der Waals surface area contributed by atoms with Gasteiger partial charge in [-0.05, 0) is 40.6 Å². The summed E-state index contributed by atoms with van der Waals surface area (Å²) in [7, 11) is 0. The van der Waals surface area contributed by atoms with Crippen molar-refractivity contribution >= 4 is 44.5 Å². The minimum Gasteiger partial charge on any atom is -0.481 e. The number of rotatable bonds is 4. The molecule has 0 aliphatic rings. The van der Waals surface area contributed by atoms with Crippen molar-refractivity contribution in [2.45, 2.75) is 12.3 Å². The summed E-state index contributed by atoms with van der Waals surface area (Å²) < 4.78 is 1.15. The number of nitrogens with zero attached hydrogens (tertiary/aromatic N) is 1. The van der Waals surface area contributed by atoms with E-state index in [0.29, 0.717) is 3.57 Å². The third kappa shape index (κ3) is 3.26. The maximum atomic E-state index is 11.6. The fraction of sp³-hybridized carbons (Fsp3) is 0.154. The number of carbonyl (C=O) groups is 1. The van der Waals surface area contributed by atoms with E-state index in [-0.39, 0.29) is 17.7 Å². The molecule has 0 aliphatic carbocycles. The Morgan fingerprint density at radius 2 is 2.15 bits per heavy atom. The minimum atomic E-state index is -1.00. The van der Waals surface area contributed by atoms with Gasteiger partial charge in [-0.2, -0.15) is 0 Å². The highest BCUT2D eigenvalue weighted by Gasteiger charge is 2.26. The number of aromatic nitrogens is 2. The van der Waals surface area contributed by atoms with Gasteiger partial charge in [0.25, 0.3) is 5.56 Å². The second-order valence-electron chi connectivity index (χ2n) is 4.12. The molecule has 0 amide bonds. The first-order valence-corrected chi connectivity index (χ1v) is 7.57. The number of nitrogens with one attached hydrogen (secondary N) is 1. The smallest absolute Gasteiger partial charge is 0.312 e. The zero-order valence-electron chi connectivity index (χ0n) is 10.1. The Morgan fingerprint density at radius 1 is 1.45 bits per heavy atom. The van der Waals surface area contributed by atoms with Gasteiger partial charge in [0.2, 0.25) is 0 Å². The van der Waals surface area contributed by atoms with Crippen LogP contribution in [-0.4, -0.2) is 21.0 Å². The second-order valence-corrected chi connectivity index (χ2v) is 6.05. The van der Waals surface area contributed by atoms with Crippen LogP contribution in [-0.2, 0) is 11.2 Å². The number of hydrogen-bond donors (Lipinski definition) is 2. The van der Waals surface area contributed by atoms with Gasteiger partial charge in [0.15, 0.2) is 0 Å². The van der Waals surface area contributed by atoms with E-state index in [0.717, 1.165) is 10.0 Å². The van der Waals surface area contributed by atoms with Gasteiger partial charge in [-0.25, -0.2) is 4.98 Å². The quantitative estimate of drug-likeness (QED) is 0.704. The summed E-state index contributed by atoms with van der Waals surface area (Å²) in [5, 5.41) is 9.42. The summed E-state index contributed by atoms with van der Waals surface area (Å²) in [6.45, 7) is 0. The van der Waals surface area contributed by atoms with Crippen molar-refractivity contribution in [3.63, 3.8) is 0 Å². The largest absolute Gasteiger partial charge is 0.481 e. The normalized spacial score (nSPS) is 12.1. The molecule has 0 radical (unpaired) electrons. The lowest BCUT2D eigenvalue weighted by molar-refractivity contribution is -0.138. The van der Waals surface area contributed by atoms with Crippen LogP contribution in [0.25, 0.3) is 0 Å². The van der Waals surface area contributed by atoms with E-state index in [1.54, 1.807) is 0 Å². The minimum absolute atomic E-state index is 0.267. The Hall–Kier alpha value is -1.22. The molecule has 1 heterocycles. The van der Waals surface area contributed by atoms with Gasteiger partial charge >= 0.3 is 5.97 Å². The topological polar surface area (TPSA) is 83.0 Å². The molecule has 2 N–H and O–H groups in total. The van der Waals surface area contributed by atoms with E-state index in [1.165, 1.54) is 6.33 Å². The van der Waals surface area contributed by atoms with Crippen molar-refractivity contribution in [3.05, 3.63) is 60.2 Å². The van der Waals surface area contributed by atoms with Crippen LogP contribution in [0.1, 0.15) is 17.2 Å². The molecule has 1 aromatic carbocycles. The Balaban J connectivity index is 2.43. The third-order valence-corrected chi connectivity index (χ3v) is 4.65. The summed E-state index contributed by atoms with van der Waals surface area (Å²) in [6.07, 6.45) is 1.50. The zero-order valence-corrected chi connectivity index (χ0v) is 13.9. The maximum Gasteiger partial charge on any atom is 0.312 e. The van der Waals surface area contributed by atoms with Crippen LogP contribution in [0, 0.1) is 3.57 Å². The molecule has 0 saturated heterocycles. The molecule has 0 bridgehead atoms. The summed E-state index contributed by atoms with van der Waals surface area (Å²) in [5.41, 5.74) is 0.823. The van der Waals surface area contributed by atoms with Crippen LogP contribution in [0.3, 0.4) is 0 Å². The fourth-order valence-electron chi connectivity index (χ4n) is 1.82. The van der Waals surface area contributed by atoms with E-state index in [4.69, 9.17) is 0 Å². The highest BCUT2D eigenvalue weighted by molar-refractivity contribution is 14.1. The average Bonchev–Trinajstić information content (AvgIpc) is 2.41. The lowest BCUT2D eigenvalue weighted by Gasteiger charge is -2.13. The number of H-pyrrole nitrogens is 1. The highest BCUT2D eigenvalue weighted by atomic mass is 127. The van der Waals surface area contributed by atoms with Crippen molar-refractivity contribution in [1.82, 2.24) is 9.97 Å². The predicted octanol–water partition coefficient (Wildman–Crippen LogP) is 2.55. The molecule has 0 fully saturated rings. The Morgan fingerprint density at radius 3 is 2.80 bits per heavy atom. The second kappa shape index (κ2) is 6.49. The van der Waals surface area contributed by atoms with Crippen molar-refractivity contribution in [1.29, 1.82) is 0 Å². The number of benzene rings is 1. The van der Waals surface area contributed by atoms with Crippen molar-refractivity contribution in [3.8, 4) is 0 Å². The summed E-state index contributed by atoms with van der Waals surface area (Å²) in [6, 6.07) is 7.40. The summed E-state index contributed by atoms with van der Waals surface area (Å²) in [4.78, 5) is 29.5. The van der Waals surface area contributed by atoms with Gasteiger partial charge in [-0.3, -0.25) is 9.59 Å². The number of aromatic amines is 1. The number of aliphatic carboxylic acids is 1. The molecule has 0 saturated carbocycles. The molecule has 5 nitrogen and oxygen atoms in total. The standard InChI is InChI=1S/C13H10BrIN2O3/c14-9-4-2-1-3-7(9)5-8(13(19)20)11-10(15)12(18)17-6-16-11/h1-4,6,8H,5H2,(H,19,20)(H,16,17,18). The first-order valence-electron chi connectivity index (χ1n) is 5.70. The van der Waals surface area contributed by atoms with Crippen molar-refractivity contribution in [2.24, 2.45) is 0 Å². The number of hydrogen-bond acceptors (Lipinski definition) is 3. The Bertz CT molecular complexity index is 702. The van der Waals surface area contributed by atoms with E-state index in [1.807, 2.05) is 46.9 Å². The highest BCUT2D eigenvalue weighted by Crippen LogP contribution is 2.26. The first-order chi connectivity index (χ1) is 9.50. The zero-order chi connectivity index (χ0) is 14.7. The monoisotopic (exact) mass is 448 g/mol. The third-order valence-electron chi connectivity index (χ3n) is 2.83. The van der Waals surface area contributed by atoms with Gasteiger partial charge in [-0.1, -0.05) is 34.1 Å². The van der Waals surface area contributed by atoms with Crippen LogP contribution in [0.5, 0.6) is 0 Å². The number of carboxylic acid groups (broad SMARTS) is 1. The SMILES string of the molecule is O=C(O)C(Cc1ccccc1Br)c1nc[nH]c(=O)c1I. The molecule has 1 unspecified atom stereocenters. The predicted molar refractivity (Wildman–Crippen MR) is 85.8 cm³/mol. The summed E-state index contributed by atoms with van der Waals surface area (Å²) >= 11 is 5.22. The molecule has 20 heavy (non-hydrogen) atoms. The average molecular weight is 449 g/mol. The Labute approximate surface area is 136 Å². The van der Waals surface area contributed by atoms with Gasteiger partial charge in [-0.15, -0.1) is 0 Å². The Kier molecular flexibility index (Phi) is 4.92. The summed E-state index contributed by atoms with van der Waals surface area (Å²) in [5.74, 6) is -1.86. The van der Waals surface area contributed by atoms with Gasteiger partial charge in [0, 0.05) is 4.47 Å². The van der Waals surface area contributed by atoms with Crippen LogP contribution in [0.2, 0.25) is 0 Å². The van der Waals surface area contributed by atoms with Gasteiger partial charge in [0.05, 0.1) is 12.0 Å².